The second-order valence-electron chi connectivity index (χ2n) is 18.8. The number of halogens is 1. The smallest absolute Gasteiger partial charge is 0.311 e. The molecule has 0 aliphatic carbocycles. The van der Waals surface area contributed by atoms with E-state index in [1.165, 1.54) is 33.1 Å². The monoisotopic (exact) mass is 1000 g/mol. The number of carbonyl (C=O) groups is 1. The van der Waals surface area contributed by atoms with Crippen LogP contribution in [-0.4, -0.2) is 156 Å². The SMILES string of the molecule is CC[C@H]1OC(=O)[C@H](C)[C@@H](O[C@H]2C[C@@](C)(OC)[C@@H](O)[C@H](C)O2)[C@@H](C)[C@@H](O[C@@H]2O[C@H](C)C[C@H](N(C)C)[C@H]2O)[C@](C)(O)C[C@@H](C)[C@H](NS(=O)(=O)c2ccc(I)cc2)[C@H](C)[C@H](O)[C@]1(C)O. The van der Waals surface area contributed by atoms with Gasteiger partial charge in [0.05, 0.1) is 52.5 Å². The molecule has 19 atom stereocenters. The summed E-state index contributed by atoms with van der Waals surface area (Å²) in [6.07, 6.45) is -10.4. The number of hydrogen-bond donors (Lipinski definition) is 6. The number of nitrogens with zero attached hydrogens (tertiary/aromatic N) is 1. The Kier molecular flexibility index (Phi) is 17.7. The lowest BCUT2D eigenvalue weighted by Gasteiger charge is -2.49. The minimum atomic E-state index is -4.24. The van der Waals surface area contributed by atoms with Crippen LogP contribution in [0.25, 0.3) is 0 Å². The molecular weight excluding hydrogens is 927 g/mol. The number of carbonyl (C=O) groups excluding carboxylic acids is 1. The van der Waals surface area contributed by atoms with E-state index in [2.05, 4.69) is 27.3 Å². The number of likely N-dealkylation sites (N-methyl/N-ethyl adjacent to an activating group) is 1. The summed E-state index contributed by atoms with van der Waals surface area (Å²) in [7, 11) is 0.914. The van der Waals surface area contributed by atoms with Gasteiger partial charge >= 0.3 is 5.97 Å². The molecule has 0 aromatic heterocycles. The molecule has 1 aromatic carbocycles. The normalized spacial score (nSPS) is 45.0. The van der Waals surface area contributed by atoms with Crippen LogP contribution in [0.4, 0.5) is 0 Å². The number of methoxy groups -OCH3 is 1. The zero-order valence-corrected chi connectivity index (χ0v) is 41.0. The summed E-state index contributed by atoms with van der Waals surface area (Å²) in [5.74, 6) is -4.59. The lowest BCUT2D eigenvalue weighted by atomic mass is 9.72. The Morgan fingerprint density at radius 3 is 2.08 bits per heavy atom. The second-order valence-corrected chi connectivity index (χ2v) is 21.8. The highest BCUT2D eigenvalue weighted by atomic mass is 127. The Morgan fingerprint density at radius 1 is 0.918 bits per heavy atom. The highest BCUT2D eigenvalue weighted by Gasteiger charge is 2.54. The Balaban J connectivity index is 1.91. The predicted molar refractivity (Wildman–Crippen MR) is 235 cm³/mol. The van der Waals surface area contributed by atoms with Gasteiger partial charge in [0.1, 0.15) is 23.9 Å². The lowest BCUT2D eigenvalue weighted by molar-refractivity contribution is -0.318. The first kappa shape index (κ1) is 52.5. The third-order valence-corrected chi connectivity index (χ3v) is 15.7. The van der Waals surface area contributed by atoms with Gasteiger partial charge in [-0.3, -0.25) is 4.79 Å². The van der Waals surface area contributed by atoms with Gasteiger partial charge in [0.25, 0.3) is 0 Å². The van der Waals surface area contributed by atoms with Gasteiger partial charge in [-0.2, -0.15) is 0 Å². The van der Waals surface area contributed by atoms with E-state index in [1.54, 1.807) is 60.6 Å². The number of rotatable bonds is 10. The van der Waals surface area contributed by atoms with Crippen molar-refractivity contribution in [2.24, 2.45) is 23.7 Å². The first-order valence-corrected chi connectivity index (χ1v) is 24.0. The van der Waals surface area contributed by atoms with E-state index in [4.69, 9.17) is 28.4 Å². The van der Waals surface area contributed by atoms with Crippen LogP contribution in [0.15, 0.2) is 29.2 Å². The summed E-state index contributed by atoms with van der Waals surface area (Å²) in [4.78, 5) is 16.3. The van der Waals surface area contributed by atoms with Gasteiger partial charge < -0.3 is 58.9 Å². The fraction of sp³-hybridized carbons (Fsp3) is 0.837. The molecule has 352 valence electrons. The highest BCUT2D eigenvalue weighted by molar-refractivity contribution is 14.1. The molecule has 0 radical (unpaired) electrons. The fourth-order valence-corrected chi connectivity index (χ4v) is 11.5. The second kappa shape index (κ2) is 20.6. The number of cyclic esters (lactones) is 1. The number of sulfonamides is 1. The van der Waals surface area contributed by atoms with Crippen molar-refractivity contribution in [3.8, 4) is 0 Å². The first-order valence-electron chi connectivity index (χ1n) is 21.4. The van der Waals surface area contributed by atoms with E-state index < -0.39 is 118 Å². The van der Waals surface area contributed by atoms with Gasteiger partial charge in [-0.25, -0.2) is 13.1 Å². The number of hydrogen-bond acceptors (Lipinski definition) is 15. The molecule has 0 saturated carbocycles. The summed E-state index contributed by atoms with van der Waals surface area (Å²) in [6.45, 7) is 16.5. The Bertz CT molecular complexity index is 1700. The van der Waals surface area contributed by atoms with E-state index in [-0.39, 0.29) is 36.3 Å². The van der Waals surface area contributed by atoms with Crippen LogP contribution >= 0.6 is 22.6 Å². The topological polar surface area (TPSA) is 223 Å². The van der Waals surface area contributed by atoms with E-state index in [0.717, 1.165) is 3.57 Å². The molecule has 3 heterocycles. The number of esters is 1. The third kappa shape index (κ3) is 11.8. The number of aliphatic hydroxyl groups is 5. The lowest BCUT2D eigenvalue weighted by Crippen LogP contribution is -2.62. The van der Waals surface area contributed by atoms with Crippen LogP contribution in [0.3, 0.4) is 0 Å². The maximum atomic E-state index is 14.4. The van der Waals surface area contributed by atoms with Crippen molar-refractivity contribution in [2.45, 2.75) is 190 Å². The number of benzene rings is 1. The Hall–Kier alpha value is -1.11. The molecule has 1 aromatic rings. The molecule has 0 spiro atoms. The maximum absolute atomic E-state index is 14.4. The van der Waals surface area contributed by atoms with E-state index in [9.17, 15) is 38.7 Å². The standard InChI is InChI=1S/C43H73IN2O14S/c1-14-31-43(10,52)36(48)24(4)33(45-61(53,54)29-17-15-28(44)16-18-29)22(2)20-41(8,51)38(60-40-34(47)30(46(11)12)19-23(3)56-40)25(5)35(26(6)39(50)58-31)59-32-21-42(9,55-13)37(49)27(7)57-32/h15-18,22-27,30-38,40,45,47-49,51-52H,14,19-21H2,1-13H3/t22-,23-,24+,25-,26-,27+,30+,31-,32+,33+,34-,35+,36+,37+,38-,40+,41-,42-,43-/m1/s1. The van der Waals surface area contributed by atoms with Crippen LogP contribution < -0.4 is 4.72 Å². The van der Waals surface area contributed by atoms with Crippen molar-refractivity contribution in [1.29, 1.82) is 0 Å². The minimum Gasteiger partial charge on any atom is -0.459 e. The molecule has 6 N–H and O–H groups in total. The molecule has 0 bridgehead atoms. The summed E-state index contributed by atoms with van der Waals surface area (Å²) in [5.41, 5.74) is -5.05. The molecule has 16 nitrogen and oxygen atoms in total. The zero-order valence-electron chi connectivity index (χ0n) is 38.0. The molecule has 18 heteroatoms. The molecule has 4 rings (SSSR count). The van der Waals surface area contributed by atoms with Gasteiger partial charge in [0.15, 0.2) is 12.6 Å². The van der Waals surface area contributed by atoms with Crippen LogP contribution in [0, 0.1) is 27.2 Å². The molecule has 3 aliphatic rings. The first-order chi connectivity index (χ1) is 28.1. The van der Waals surface area contributed by atoms with E-state index in [0.29, 0.717) is 6.42 Å². The largest absolute Gasteiger partial charge is 0.459 e. The number of aliphatic hydroxyl groups excluding tert-OH is 3. The molecular formula is C43H73IN2O14S. The van der Waals surface area contributed by atoms with Crippen LogP contribution in [0.2, 0.25) is 0 Å². The van der Waals surface area contributed by atoms with Gasteiger partial charge in [0.2, 0.25) is 10.0 Å². The van der Waals surface area contributed by atoms with Crippen LogP contribution in [0.1, 0.15) is 94.9 Å². The molecule has 61 heavy (non-hydrogen) atoms. The van der Waals surface area contributed by atoms with Gasteiger partial charge in [-0.15, -0.1) is 0 Å². The van der Waals surface area contributed by atoms with Crippen molar-refractivity contribution >= 4 is 38.6 Å². The summed E-state index contributed by atoms with van der Waals surface area (Å²) in [6, 6.07) is 4.76. The molecule has 3 saturated heterocycles. The van der Waals surface area contributed by atoms with Crippen molar-refractivity contribution in [1.82, 2.24) is 9.62 Å². The summed E-state index contributed by atoms with van der Waals surface area (Å²) >= 11 is 2.08. The summed E-state index contributed by atoms with van der Waals surface area (Å²) in [5, 5.41) is 59.7. The predicted octanol–water partition coefficient (Wildman–Crippen LogP) is 3.17. The Morgan fingerprint density at radius 2 is 1.52 bits per heavy atom. The number of ether oxygens (including phenoxy) is 6. The van der Waals surface area contributed by atoms with Crippen molar-refractivity contribution < 1.29 is 67.2 Å². The zero-order chi connectivity index (χ0) is 46.2. The van der Waals surface area contributed by atoms with Crippen molar-refractivity contribution in [2.75, 3.05) is 21.2 Å². The van der Waals surface area contributed by atoms with E-state index in [1.807, 2.05) is 25.9 Å². The van der Waals surface area contributed by atoms with Crippen molar-refractivity contribution in [3.63, 3.8) is 0 Å². The van der Waals surface area contributed by atoms with Gasteiger partial charge in [0, 0.05) is 41.0 Å². The molecule has 3 fully saturated rings. The quantitative estimate of drug-likeness (QED) is 0.146. The Labute approximate surface area is 376 Å². The number of nitrogens with one attached hydrogen (secondary N) is 1. The molecule has 0 unspecified atom stereocenters. The van der Waals surface area contributed by atoms with Gasteiger partial charge in [-0.1, -0.05) is 27.7 Å². The van der Waals surface area contributed by atoms with Crippen LogP contribution in [-0.2, 0) is 43.2 Å². The van der Waals surface area contributed by atoms with Gasteiger partial charge in [-0.05, 0) is 128 Å². The van der Waals surface area contributed by atoms with Crippen LogP contribution in [0.5, 0.6) is 0 Å². The average Bonchev–Trinajstić information content (AvgIpc) is 3.18. The highest BCUT2D eigenvalue weighted by Crippen LogP contribution is 2.41. The minimum absolute atomic E-state index is 0.0201. The third-order valence-electron chi connectivity index (χ3n) is 13.5. The maximum Gasteiger partial charge on any atom is 0.311 e. The van der Waals surface area contributed by atoms with Crippen molar-refractivity contribution in [3.05, 3.63) is 27.8 Å². The summed E-state index contributed by atoms with van der Waals surface area (Å²) < 4.78 is 69.4. The van der Waals surface area contributed by atoms with E-state index >= 15 is 0 Å². The molecule has 0 amide bonds. The molecule has 3 aliphatic heterocycles. The fourth-order valence-electron chi connectivity index (χ4n) is 9.69. The average molecular weight is 1000 g/mol.